The third-order valence-electron chi connectivity index (χ3n) is 5.52. The third kappa shape index (κ3) is 5.86. The second-order valence-electron chi connectivity index (χ2n) is 7.95. The van der Waals surface area contributed by atoms with E-state index in [1.807, 2.05) is 6.07 Å². The van der Waals surface area contributed by atoms with Gasteiger partial charge < -0.3 is 15.1 Å². The molecule has 30 heavy (non-hydrogen) atoms. The number of nitrogens with zero attached hydrogens (tertiary/aromatic N) is 4. The molecule has 164 valence electrons. The minimum atomic E-state index is -0.0248. The molecule has 3 rings (SSSR count). The molecular weight excluding hydrogens is 398 g/mol. The summed E-state index contributed by atoms with van der Waals surface area (Å²) in [5.74, 6) is 0.647. The van der Waals surface area contributed by atoms with Crippen LogP contribution >= 0.6 is 12.4 Å². The molecule has 1 N–H and O–H groups in total. The van der Waals surface area contributed by atoms with Gasteiger partial charge in [0.2, 0.25) is 0 Å². The maximum Gasteiger partial charge on any atom is 0.257 e. The highest BCUT2D eigenvalue weighted by Crippen LogP contribution is 2.25. The fourth-order valence-corrected chi connectivity index (χ4v) is 3.97. The van der Waals surface area contributed by atoms with Crippen LogP contribution < -0.4 is 10.2 Å². The number of carbonyl (C=O) groups is 1. The summed E-state index contributed by atoms with van der Waals surface area (Å²) in [5, 5.41) is 3.34. The Labute approximate surface area is 186 Å². The number of carbonyl (C=O) groups excluding carboxylic acids is 1. The van der Waals surface area contributed by atoms with Gasteiger partial charge >= 0.3 is 0 Å². The highest BCUT2D eigenvalue weighted by Gasteiger charge is 2.19. The second kappa shape index (κ2) is 11.2. The molecule has 0 atom stereocenters. The molecule has 0 bridgehead atoms. The number of benzene rings is 1. The number of nitrogens with one attached hydrogen (secondary N) is 1. The van der Waals surface area contributed by atoms with Gasteiger partial charge in [-0.05, 0) is 50.1 Å². The van der Waals surface area contributed by atoms with Crippen molar-refractivity contribution in [2.75, 3.05) is 63.6 Å². The summed E-state index contributed by atoms with van der Waals surface area (Å²) in [4.78, 5) is 23.2. The zero-order chi connectivity index (χ0) is 20.8. The molecule has 1 amide bonds. The van der Waals surface area contributed by atoms with Gasteiger partial charge in [-0.3, -0.25) is 9.69 Å². The van der Waals surface area contributed by atoms with Gasteiger partial charge in [0.15, 0.2) is 0 Å². The van der Waals surface area contributed by atoms with E-state index in [1.165, 1.54) is 16.8 Å². The first-order chi connectivity index (χ1) is 14.0. The van der Waals surface area contributed by atoms with E-state index in [4.69, 9.17) is 0 Å². The molecule has 0 unspecified atom stereocenters. The van der Waals surface area contributed by atoms with Crippen molar-refractivity contribution in [3.05, 3.63) is 53.2 Å². The molecule has 1 aliphatic rings. The predicted octanol–water partition coefficient (Wildman–Crippen LogP) is 3.45. The predicted molar refractivity (Wildman–Crippen MR) is 127 cm³/mol. The van der Waals surface area contributed by atoms with Gasteiger partial charge in [-0.1, -0.05) is 18.2 Å². The number of hydrogen-bond donors (Lipinski definition) is 1. The Balaban J connectivity index is 0.00000320. The van der Waals surface area contributed by atoms with E-state index in [-0.39, 0.29) is 18.3 Å². The number of rotatable bonds is 7. The quantitative estimate of drug-likeness (QED) is 0.680. The lowest BCUT2D eigenvalue weighted by Gasteiger charge is -2.37. The summed E-state index contributed by atoms with van der Waals surface area (Å²) in [6.45, 7) is 10.6. The molecule has 1 saturated heterocycles. The van der Waals surface area contributed by atoms with Crippen LogP contribution in [0.15, 0.2) is 36.5 Å². The van der Waals surface area contributed by atoms with Crippen LogP contribution in [0.4, 0.5) is 11.5 Å². The number of amides is 1. The molecule has 1 aromatic carbocycles. The summed E-state index contributed by atoms with van der Waals surface area (Å²) >= 11 is 0. The zero-order valence-corrected chi connectivity index (χ0v) is 19.3. The van der Waals surface area contributed by atoms with Crippen LogP contribution in [0.3, 0.4) is 0 Å². The van der Waals surface area contributed by atoms with E-state index in [1.54, 1.807) is 31.3 Å². The van der Waals surface area contributed by atoms with Crippen molar-refractivity contribution in [1.29, 1.82) is 0 Å². The normalized spacial score (nSPS) is 14.2. The van der Waals surface area contributed by atoms with E-state index in [0.29, 0.717) is 11.4 Å². The number of aromatic nitrogens is 1. The van der Waals surface area contributed by atoms with Crippen molar-refractivity contribution in [1.82, 2.24) is 14.8 Å². The Morgan fingerprint density at radius 1 is 1.07 bits per heavy atom. The first-order valence-electron chi connectivity index (χ1n) is 10.4. The first kappa shape index (κ1) is 24.0. The molecule has 0 spiro atoms. The molecule has 0 radical (unpaired) electrons. The van der Waals surface area contributed by atoms with E-state index >= 15 is 0 Å². The summed E-state index contributed by atoms with van der Waals surface area (Å²) in [6, 6.07) is 10.2. The van der Waals surface area contributed by atoms with Crippen LogP contribution in [-0.4, -0.2) is 74.1 Å². The van der Waals surface area contributed by atoms with Crippen LogP contribution in [0.2, 0.25) is 0 Å². The number of aryl methyl sites for hydroxylation is 2. The number of anilines is 2. The van der Waals surface area contributed by atoms with Crippen molar-refractivity contribution in [3.63, 3.8) is 0 Å². The van der Waals surface area contributed by atoms with Crippen LogP contribution in [-0.2, 0) is 0 Å². The average molecular weight is 432 g/mol. The van der Waals surface area contributed by atoms with Crippen molar-refractivity contribution >= 4 is 29.8 Å². The van der Waals surface area contributed by atoms with Crippen LogP contribution in [0, 0.1) is 13.8 Å². The Morgan fingerprint density at radius 3 is 2.37 bits per heavy atom. The molecular formula is C23H34ClN5O. The molecule has 1 aliphatic heterocycles. The van der Waals surface area contributed by atoms with Crippen molar-refractivity contribution in [3.8, 4) is 0 Å². The van der Waals surface area contributed by atoms with Crippen molar-refractivity contribution < 1.29 is 4.79 Å². The number of halogens is 1. The molecule has 2 aromatic rings. The van der Waals surface area contributed by atoms with Crippen molar-refractivity contribution in [2.24, 2.45) is 0 Å². The lowest BCUT2D eigenvalue weighted by molar-refractivity contribution is 0.0828. The molecule has 6 nitrogen and oxygen atoms in total. The maximum absolute atomic E-state index is 12.3. The Bertz CT molecular complexity index is 814. The van der Waals surface area contributed by atoms with Gasteiger partial charge in [0.1, 0.15) is 5.82 Å². The number of para-hydroxylation sites is 1. The minimum Gasteiger partial charge on any atom is -0.369 e. The van der Waals surface area contributed by atoms with Gasteiger partial charge in [0.05, 0.1) is 5.56 Å². The topological polar surface area (TPSA) is 51.7 Å². The standard InChI is InChI=1S/C23H33N5O.ClH/c1-18-8-5-9-19(2)21(18)28-16-14-27(15-17-28)13-7-12-25-22-20(10-6-11-24-22)23(29)26(3)4;/h5-6,8-11H,7,12-17H2,1-4H3,(H,24,25);1H. The fourth-order valence-electron chi connectivity index (χ4n) is 3.97. The number of piperazine rings is 1. The average Bonchev–Trinajstić information content (AvgIpc) is 2.72. The molecule has 0 saturated carbocycles. The van der Waals surface area contributed by atoms with Gasteiger partial charge in [-0.2, -0.15) is 0 Å². The van der Waals surface area contributed by atoms with Crippen molar-refractivity contribution in [2.45, 2.75) is 20.3 Å². The van der Waals surface area contributed by atoms with Gasteiger partial charge in [0.25, 0.3) is 5.91 Å². The fraction of sp³-hybridized carbons (Fsp3) is 0.478. The Morgan fingerprint density at radius 2 is 1.73 bits per heavy atom. The summed E-state index contributed by atoms with van der Waals surface area (Å²) in [5.41, 5.74) is 4.75. The lowest BCUT2D eigenvalue weighted by Crippen LogP contribution is -2.47. The molecule has 1 fully saturated rings. The van der Waals surface area contributed by atoms with Crippen LogP contribution in [0.1, 0.15) is 27.9 Å². The summed E-state index contributed by atoms with van der Waals surface area (Å²) in [6.07, 6.45) is 2.75. The van der Waals surface area contributed by atoms with Gasteiger partial charge in [-0.15, -0.1) is 12.4 Å². The van der Waals surface area contributed by atoms with E-state index in [0.717, 1.165) is 45.7 Å². The number of hydrogen-bond acceptors (Lipinski definition) is 5. The highest BCUT2D eigenvalue weighted by atomic mass is 35.5. The Kier molecular flexibility index (Phi) is 8.93. The summed E-state index contributed by atoms with van der Waals surface area (Å²) < 4.78 is 0. The van der Waals surface area contributed by atoms with Gasteiger partial charge in [-0.25, -0.2) is 4.98 Å². The smallest absolute Gasteiger partial charge is 0.257 e. The monoisotopic (exact) mass is 431 g/mol. The Hall–Kier alpha value is -2.31. The molecule has 2 heterocycles. The zero-order valence-electron chi connectivity index (χ0n) is 18.5. The van der Waals surface area contributed by atoms with E-state index in [2.05, 4.69) is 52.1 Å². The second-order valence-corrected chi connectivity index (χ2v) is 7.95. The lowest BCUT2D eigenvalue weighted by atomic mass is 10.1. The molecule has 1 aromatic heterocycles. The maximum atomic E-state index is 12.3. The van der Waals surface area contributed by atoms with E-state index in [9.17, 15) is 4.79 Å². The SMILES string of the molecule is Cc1cccc(C)c1N1CCN(CCCNc2ncccc2C(=O)N(C)C)CC1.Cl. The first-order valence-corrected chi connectivity index (χ1v) is 10.4. The minimum absolute atomic E-state index is 0. The van der Waals surface area contributed by atoms with Crippen LogP contribution in [0.25, 0.3) is 0 Å². The summed E-state index contributed by atoms with van der Waals surface area (Å²) in [7, 11) is 3.52. The molecule has 0 aliphatic carbocycles. The third-order valence-corrected chi connectivity index (χ3v) is 5.52. The van der Waals surface area contributed by atoms with Gasteiger partial charge in [0, 0.05) is 58.7 Å². The largest absolute Gasteiger partial charge is 0.369 e. The number of pyridine rings is 1. The highest BCUT2D eigenvalue weighted by molar-refractivity contribution is 5.98. The van der Waals surface area contributed by atoms with E-state index < -0.39 is 0 Å². The van der Waals surface area contributed by atoms with Crippen LogP contribution in [0.5, 0.6) is 0 Å². The molecule has 7 heteroatoms.